The maximum Gasteiger partial charge on any atom is 0.0492 e. The quantitative estimate of drug-likeness (QED) is 0.868. The van der Waals surface area contributed by atoms with E-state index in [1.165, 1.54) is 25.0 Å². The predicted molar refractivity (Wildman–Crippen MR) is 70.9 cm³/mol. The Balaban J connectivity index is 1.71. The zero-order chi connectivity index (χ0) is 12.3. The molecule has 1 fully saturated rings. The summed E-state index contributed by atoms with van der Waals surface area (Å²) in [7, 11) is 2.01. The van der Waals surface area contributed by atoms with Crippen LogP contribution < -0.4 is 5.32 Å². The highest BCUT2D eigenvalue weighted by atomic mass is 15.3. The fraction of sp³-hybridized carbons (Fsp3) is 0.786. The largest absolute Gasteiger partial charge is 0.314 e. The Morgan fingerprint density at radius 1 is 1.35 bits per heavy atom. The molecule has 1 heterocycles. The molecular formula is C14H25N3. The zero-order valence-electron chi connectivity index (χ0n) is 11.3. The van der Waals surface area contributed by atoms with Gasteiger partial charge in [0.15, 0.2) is 0 Å². The minimum Gasteiger partial charge on any atom is -0.314 e. The standard InChI is InChI=1S/C14H25N3/c1-11-4-5-13(10-12(11)2)15-8-6-14-7-9-16-17(14)3/h7,9,11-13,15H,4-6,8,10H2,1-3H3/t11-,12+,13-/m1/s1. The molecule has 1 aliphatic rings. The minimum absolute atomic E-state index is 0.731. The van der Waals surface area contributed by atoms with Crippen LogP contribution >= 0.6 is 0 Å². The normalized spacial score (nSPS) is 29.5. The monoisotopic (exact) mass is 235 g/mol. The number of aryl methyl sites for hydroxylation is 1. The van der Waals surface area contributed by atoms with Gasteiger partial charge in [-0.1, -0.05) is 13.8 Å². The third-order valence-electron chi connectivity index (χ3n) is 4.33. The maximum atomic E-state index is 4.19. The topological polar surface area (TPSA) is 29.9 Å². The fourth-order valence-electron chi connectivity index (χ4n) is 2.78. The lowest BCUT2D eigenvalue weighted by molar-refractivity contribution is 0.227. The van der Waals surface area contributed by atoms with Crippen LogP contribution in [0.4, 0.5) is 0 Å². The van der Waals surface area contributed by atoms with E-state index in [0.29, 0.717) is 0 Å². The molecule has 2 rings (SSSR count). The van der Waals surface area contributed by atoms with Gasteiger partial charge in [0.05, 0.1) is 0 Å². The molecule has 0 radical (unpaired) electrons. The Bertz CT molecular complexity index is 345. The molecule has 0 unspecified atom stereocenters. The summed E-state index contributed by atoms with van der Waals surface area (Å²) >= 11 is 0. The van der Waals surface area contributed by atoms with Gasteiger partial charge in [-0.15, -0.1) is 0 Å². The van der Waals surface area contributed by atoms with Crippen LogP contribution in [0.15, 0.2) is 12.3 Å². The van der Waals surface area contributed by atoms with Crippen LogP contribution in [-0.4, -0.2) is 22.4 Å². The number of aromatic nitrogens is 2. The van der Waals surface area contributed by atoms with Crippen LogP contribution in [0.3, 0.4) is 0 Å². The van der Waals surface area contributed by atoms with E-state index in [2.05, 4.69) is 30.3 Å². The molecule has 0 saturated heterocycles. The SMILES string of the molecule is C[C@@H]1CC[C@@H](NCCc2ccnn2C)C[C@@H]1C. The van der Waals surface area contributed by atoms with Crippen molar-refractivity contribution >= 4 is 0 Å². The molecule has 1 aromatic heterocycles. The van der Waals surface area contributed by atoms with Crippen molar-refractivity contribution in [1.82, 2.24) is 15.1 Å². The minimum atomic E-state index is 0.731. The first kappa shape index (κ1) is 12.6. The summed E-state index contributed by atoms with van der Waals surface area (Å²) in [4.78, 5) is 0. The lowest BCUT2D eigenvalue weighted by atomic mass is 9.79. The van der Waals surface area contributed by atoms with Crippen molar-refractivity contribution in [1.29, 1.82) is 0 Å². The highest BCUT2D eigenvalue weighted by molar-refractivity contribution is 5.00. The van der Waals surface area contributed by atoms with E-state index < -0.39 is 0 Å². The van der Waals surface area contributed by atoms with Crippen LogP contribution in [0.5, 0.6) is 0 Å². The van der Waals surface area contributed by atoms with E-state index in [0.717, 1.165) is 30.8 Å². The third kappa shape index (κ3) is 3.32. The first-order chi connectivity index (χ1) is 8.16. The maximum absolute atomic E-state index is 4.19. The van der Waals surface area contributed by atoms with Gasteiger partial charge in [0.2, 0.25) is 0 Å². The summed E-state index contributed by atoms with van der Waals surface area (Å²) in [5.41, 5.74) is 1.31. The Labute approximate surface area is 105 Å². The van der Waals surface area contributed by atoms with E-state index in [9.17, 15) is 0 Å². The highest BCUT2D eigenvalue weighted by Crippen LogP contribution is 2.29. The van der Waals surface area contributed by atoms with Crippen LogP contribution in [0.1, 0.15) is 38.8 Å². The van der Waals surface area contributed by atoms with Crippen molar-refractivity contribution in [2.24, 2.45) is 18.9 Å². The van der Waals surface area contributed by atoms with Crippen molar-refractivity contribution < 1.29 is 0 Å². The number of hydrogen-bond donors (Lipinski definition) is 1. The van der Waals surface area contributed by atoms with Crippen molar-refractivity contribution in [2.45, 2.75) is 45.6 Å². The molecule has 0 amide bonds. The number of nitrogens with one attached hydrogen (secondary N) is 1. The summed E-state index contributed by atoms with van der Waals surface area (Å²) in [6.07, 6.45) is 7.02. The van der Waals surface area contributed by atoms with Crippen LogP contribution in [0.25, 0.3) is 0 Å². The number of nitrogens with zero attached hydrogens (tertiary/aromatic N) is 2. The molecule has 0 aromatic carbocycles. The zero-order valence-corrected chi connectivity index (χ0v) is 11.3. The fourth-order valence-corrected chi connectivity index (χ4v) is 2.78. The van der Waals surface area contributed by atoms with E-state index in [4.69, 9.17) is 0 Å². The van der Waals surface area contributed by atoms with Gasteiger partial charge in [0, 0.05) is 37.9 Å². The second-order valence-corrected chi connectivity index (χ2v) is 5.61. The van der Waals surface area contributed by atoms with E-state index >= 15 is 0 Å². The van der Waals surface area contributed by atoms with Crippen molar-refractivity contribution in [3.05, 3.63) is 18.0 Å². The summed E-state index contributed by atoms with van der Waals surface area (Å²) in [5.74, 6) is 1.78. The predicted octanol–water partition coefficient (Wildman–Crippen LogP) is 2.38. The second kappa shape index (κ2) is 5.67. The van der Waals surface area contributed by atoms with Crippen molar-refractivity contribution in [2.75, 3.05) is 6.54 Å². The van der Waals surface area contributed by atoms with Gasteiger partial charge in [-0.05, 0) is 37.2 Å². The Kier molecular flexibility index (Phi) is 4.21. The molecule has 3 atom stereocenters. The van der Waals surface area contributed by atoms with Gasteiger partial charge < -0.3 is 5.32 Å². The van der Waals surface area contributed by atoms with Crippen molar-refractivity contribution in [3.63, 3.8) is 0 Å². The first-order valence-corrected chi connectivity index (χ1v) is 6.87. The smallest absolute Gasteiger partial charge is 0.0492 e. The third-order valence-corrected chi connectivity index (χ3v) is 4.33. The molecule has 1 saturated carbocycles. The average molecular weight is 235 g/mol. The molecule has 1 aliphatic carbocycles. The Morgan fingerprint density at radius 2 is 2.18 bits per heavy atom. The molecule has 96 valence electrons. The molecule has 1 N–H and O–H groups in total. The van der Waals surface area contributed by atoms with E-state index in [1.54, 1.807) is 0 Å². The summed E-state index contributed by atoms with van der Waals surface area (Å²) < 4.78 is 1.97. The van der Waals surface area contributed by atoms with Gasteiger partial charge in [-0.2, -0.15) is 5.10 Å². The molecule has 17 heavy (non-hydrogen) atoms. The molecular weight excluding hydrogens is 210 g/mol. The van der Waals surface area contributed by atoms with Gasteiger partial charge in [-0.3, -0.25) is 4.68 Å². The lowest BCUT2D eigenvalue weighted by Gasteiger charge is -2.32. The molecule has 1 aromatic rings. The molecule has 3 heteroatoms. The van der Waals surface area contributed by atoms with Crippen LogP contribution in [0.2, 0.25) is 0 Å². The van der Waals surface area contributed by atoms with Crippen LogP contribution in [-0.2, 0) is 13.5 Å². The Morgan fingerprint density at radius 3 is 2.82 bits per heavy atom. The summed E-state index contributed by atoms with van der Waals surface area (Å²) in [6, 6.07) is 2.84. The molecule has 0 aliphatic heterocycles. The van der Waals surface area contributed by atoms with Crippen LogP contribution in [0, 0.1) is 11.8 Å². The molecule has 0 spiro atoms. The van der Waals surface area contributed by atoms with Gasteiger partial charge in [0.25, 0.3) is 0 Å². The average Bonchev–Trinajstić information content (AvgIpc) is 2.70. The number of rotatable bonds is 4. The molecule has 3 nitrogen and oxygen atoms in total. The van der Waals surface area contributed by atoms with Crippen molar-refractivity contribution in [3.8, 4) is 0 Å². The van der Waals surface area contributed by atoms with Gasteiger partial charge in [-0.25, -0.2) is 0 Å². The second-order valence-electron chi connectivity index (χ2n) is 5.61. The first-order valence-electron chi connectivity index (χ1n) is 6.87. The van der Waals surface area contributed by atoms with Gasteiger partial charge >= 0.3 is 0 Å². The lowest BCUT2D eigenvalue weighted by Crippen LogP contribution is -2.37. The van der Waals surface area contributed by atoms with E-state index in [-0.39, 0.29) is 0 Å². The highest BCUT2D eigenvalue weighted by Gasteiger charge is 2.23. The molecule has 0 bridgehead atoms. The summed E-state index contributed by atoms with van der Waals surface area (Å²) in [6.45, 7) is 5.85. The summed E-state index contributed by atoms with van der Waals surface area (Å²) in [5, 5.41) is 7.89. The Hall–Kier alpha value is -0.830. The van der Waals surface area contributed by atoms with Gasteiger partial charge in [0.1, 0.15) is 0 Å². The van der Waals surface area contributed by atoms with E-state index in [1.807, 2.05) is 17.9 Å². The number of hydrogen-bond acceptors (Lipinski definition) is 2.